The zero-order valence-corrected chi connectivity index (χ0v) is 11.6. The maximum atomic E-state index is 13.0. The molecule has 1 aromatic rings. The van der Waals surface area contributed by atoms with E-state index in [0.717, 1.165) is 5.56 Å². The number of carboxylic acids is 1. The Morgan fingerprint density at radius 3 is 2.82 bits per heavy atom. The number of carbonyl (C=O) groups is 2. The number of aliphatic carboxylic acids is 1. The fourth-order valence-electron chi connectivity index (χ4n) is 3.80. The summed E-state index contributed by atoms with van der Waals surface area (Å²) in [5, 5.41) is 9.38. The van der Waals surface area contributed by atoms with Crippen molar-refractivity contribution in [1.82, 2.24) is 4.90 Å². The minimum atomic E-state index is -1.00. The molecule has 1 spiro atoms. The van der Waals surface area contributed by atoms with Crippen LogP contribution >= 0.6 is 0 Å². The van der Waals surface area contributed by atoms with Gasteiger partial charge in [0.2, 0.25) is 5.91 Å². The number of carbonyl (C=O) groups excluding carboxylic acids is 1. The monoisotopic (exact) mass is 303 g/mol. The molecule has 1 aromatic carbocycles. The molecule has 0 unspecified atom stereocenters. The number of rotatable bonds is 3. The molecule has 1 amide bonds. The van der Waals surface area contributed by atoms with Crippen LogP contribution in [0.2, 0.25) is 0 Å². The summed E-state index contributed by atoms with van der Waals surface area (Å²) < 4.78 is 18.8. The average Bonchev–Trinajstić information content (AvgIpc) is 3.10. The lowest BCUT2D eigenvalue weighted by Crippen LogP contribution is -2.39. The summed E-state index contributed by atoms with van der Waals surface area (Å²) in [6, 6.07) is 5.93. The SMILES string of the molecule is O=C(O)[C@H]1[C@H]2C(=O)N(Cc3ccc(F)cc3)C[C@@]23C=C[C@H]1O3. The van der Waals surface area contributed by atoms with Gasteiger partial charge in [0.05, 0.1) is 18.6 Å². The molecule has 2 saturated heterocycles. The number of benzene rings is 1. The standard InChI is InChI=1S/C16H14FNO4/c17-10-3-1-9(2-4-10)7-18-8-16-6-5-11(22-16)12(15(20)21)13(16)14(18)19/h1-6,11-13H,7-8H2,(H,20,21)/t11-,12-,13+,16+/m1/s1. The lowest BCUT2D eigenvalue weighted by molar-refractivity contribution is -0.148. The van der Waals surface area contributed by atoms with Gasteiger partial charge >= 0.3 is 5.97 Å². The highest BCUT2D eigenvalue weighted by Crippen LogP contribution is 2.52. The first-order valence-corrected chi connectivity index (χ1v) is 7.13. The zero-order chi connectivity index (χ0) is 15.5. The van der Waals surface area contributed by atoms with E-state index in [0.29, 0.717) is 13.1 Å². The summed E-state index contributed by atoms with van der Waals surface area (Å²) >= 11 is 0. The Kier molecular flexibility index (Phi) is 2.69. The molecule has 3 heterocycles. The van der Waals surface area contributed by atoms with Gasteiger partial charge in [0, 0.05) is 6.54 Å². The van der Waals surface area contributed by atoms with E-state index < -0.39 is 29.5 Å². The third-order valence-corrected chi connectivity index (χ3v) is 4.75. The number of amides is 1. The Morgan fingerprint density at radius 2 is 2.14 bits per heavy atom. The number of fused-ring (bicyclic) bond motifs is 1. The maximum Gasteiger partial charge on any atom is 0.310 e. The molecular weight excluding hydrogens is 289 g/mol. The number of hydrogen-bond acceptors (Lipinski definition) is 3. The van der Waals surface area contributed by atoms with Gasteiger partial charge in [-0.3, -0.25) is 9.59 Å². The van der Waals surface area contributed by atoms with E-state index in [1.807, 2.05) is 6.08 Å². The van der Waals surface area contributed by atoms with Crippen LogP contribution in [0.4, 0.5) is 4.39 Å². The molecule has 114 valence electrons. The fourth-order valence-corrected chi connectivity index (χ4v) is 3.80. The molecule has 2 bridgehead atoms. The second kappa shape index (κ2) is 4.39. The van der Waals surface area contributed by atoms with Crippen LogP contribution in [0, 0.1) is 17.7 Å². The highest BCUT2D eigenvalue weighted by atomic mass is 19.1. The van der Waals surface area contributed by atoms with Gasteiger partial charge in [-0.15, -0.1) is 0 Å². The lowest BCUT2D eigenvalue weighted by atomic mass is 9.77. The molecule has 0 aromatic heterocycles. The topological polar surface area (TPSA) is 66.8 Å². The molecule has 2 fully saturated rings. The molecule has 5 nitrogen and oxygen atoms in total. The molecule has 3 aliphatic rings. The van der Waals surface area contributed by atoms with Gasteiger partial charge in [-0.25, -0.2) is 4.39 Å². The summed E-state index contributed by atoms with van der Waals surface area (Å²) in [4.78, 5) is 25.7. The van der Waals surface area contributed by atoms with E-state index in [2.05, 4.69) is 0 Å². The van der Waals surface area contributed by atoms with E-state index >= 15 is 0 Å². The average molecular weight is 303 g/mol. The number of hydrogen-bond donors (Lipinski definition) is 1. The summed E-state index contributed by atoms with van der Waals surface area (Å²) in [5.41, 5.74) is -0.0123. The van der Waals surface area contributed by atoms with E-state index in [9.17, 15) is 19.1 Å². The molecule has 4 rings (SSSR count). The predicted octanol–water partition coefficient (Wildman–Crippen LogP) is 1.19. The van der Waals surface area contributed by atoms with Crippen molar-refractivity contribution in [2.24, 2.45) is 11.8 Å². The lowest BCUT2D eigenvalue weighted by Gasteiger charge is -2.21. The summed E-state index contributed by atoms with van der Waals surface area (Å²) in [6.07, 6.45) is 3.05. The smallest absolute Gasteiger partial charge is 0.310 e. The second-order valence-electron chi connectivity index (χ2n) is 6.06. The molecule has 0 aliphatic carbocycles. The largest absolute Gasteiger partial charge is 0.481 e. The van der Waals surface area contributed by atoms with Crippen molar-refractivity contribution >= 4 is 11.9 Å². The van der Waals surface area contributed by atoms with E-state index in [1.54, 1.807) is 23.1 Å². The quantitative estimate of drug-likeness (QED) is 0.852. The van der Waals surface area contributed by atoms with Crippen LogP contribution in [0.15, 0.2) is 36.4 Å². The molecular formula is C16H14FNO4. The van der Waals surface area contributed by atoms with Crippen LogP contribution < -0.4 is 0 Å². The van der Waals surface area contributed by atoms with E-state index in [1.165, 1.54) is 12.1 Å². The Balaban J connectivity index is 1.61. The van der Waals surface area contributed by atoms with Gasteiger partial charge in [0.1, 0.15) is 17.3 Å². The van der Waals surface area contributed by atoms with Crippen molar-refractivity contribution in [3.05, 3.63) is 47.8 Å². The summed E-state index contributed by atoms with van der Waals surface area (Å²) in [6.45, 7) is 0.663. The fraction of sp³-hybridized carbons (Fsp3) is 0.375. The number of ether oxygens (including phenoxy) is 1. The number of carboxylic acid groups (broad SMARTS) is 1. The van der Waals surface area contributed by atoms with Gasteiger partial charge in [-0.05, 0) is 17.7 Å². The predicted molar refractivity (Wildman–Crippen MR) is 73.2 cm³/mol. The van der Waals surface area contributed by atoms with E-state index in [4.69, 9.17) is 4.74 Å². The summed E-state index contributed by atoms with van der Waals surface area (Å²) in [5.74, 6) is -3.03. The summed E-state index contributed by atoms with van der Waals surface area (Å²) in [7, 11) is 0. The molecule has 1 N–H and O–H groups in total. The van der Waals surface area contributed by atoms with Crippen molar-refractivity contribution in [2.45, 2.75) is 18.2 Å². The van der Waals surface area contributed by atoms with Crippen molar-refractivity contribution in [2.75, 3.05) is 6.54 Å². The third kappa shape index (κ3) is 1.73. The third-order valence-electron chi connectivity index (χ3n) is 4.75. The van der Waals surface area contributed by atoms with Gasteiger partial charge < -0.3 is 14.7 Å². The van der Waals surface area contributed by atoms with Crippen molar-refractivity contribution in [3.63, 3.8) is 0 Å². The molecule has 0 saturated carbocycles. The van der Waals surface area contributed by atoms with Gasteiger partial charge in [-0.2, -0.15) is 0 Å². The van der Waals surface area contributed by atoms with Gasteiger partial charge in [0.15, 0.2) is 0 Å². The van der Waals surface area contributed by atoms with Crippen molar-refractivity contribution < 1.29 is 23.8 Å². The normalized spacial score (nSPS) is 35.2. The first kappa shape index (κ1) is 13.5. The first-order chi connectivity index (χ1) is 10.5. The number of halogens is 1. The minimum Gasteiger partial charge on any atom is -0.481 e. The van der Waals surface area contributed by atoms with E-state index in [-0.39, 0.29) is 11.7 Å². The van der Waals surface area contributed by atoms with Gasteiger partial charge in [0.25, 0.3) is 0 Å². The maximum absolute atomic E-state index is 13.0. The van der Waals surface area contributed by atoms with Crippen molar-refractivity contribution in [1.29, 1.82) is 0 Å². The Hall–Kier alpha value is -2.21. The van der Waals surface area contributed by atoms with Crippen LogP contribution in [0.1, 0.15) is 5.56 Å². The number of likely N-dealkylation sites (tertiary alicyclic amines) is 1. The minimum absolute atomic E-state index is 0.205. The Labute approximate surface area is 126 Å². The molecule has 22 heavy (non-hydrogen) atoms. The van der Waals surface area contributed by atoms with Crippen LogP contribution in [0.3, 0.4) is 0 Å². The molecule has 3 aliphatic heterocycles. The van der Waals surface area contributed by atoms with Crippen molar-refractivity contribution in [3.8, 4) is 0 Å². The molecule has 0 radical (unpaired) electrons. The first-order valence-electron chi connectivity index (χ1n) is 7.13. The number of nitrogens with zero attached hydrogens (tertiary/aromatic N) is 1. The Bertz CT molecular complexity index is 686. The second-order valence-corrected chi connectivity index (χ2v) is 6.06. The highest BCUT2D eigenvalue weighted by molar-refractivity contribution is 5.90. The van der Waals surface area contributed by atoms with Crippen LogP contribution in [-0.2, 0) is 20.9 Å². The van der Waals surface area contributed by atoms with Gasteiger partial charge in [-0.1, -0.05) is 24.3 Å². The van der Waals surface area contributed by atoms with Crippen LogP contribution in [-0.4, -0.2) is 40.1 Å². The zero-order valence-electron chi connectivity index (χ0n) is 11.6. The molecule has 4 atom stereocenters. The molecule has 6 heteroatoms. The van der Waals surface area contributed by atoms with Crippen LogP contribution in [0.25, 0.3) is 0 Å². The highest BCUT2D eigenvalue weighted by Gasteiger charge is 2.66. The Morgan fingerprint density at radius 1 is 1.41 bits per heavy atom. The van der Waals surface area contributed by atoms with Crippen LogP contribution in [0.5, 0.6) is 0 Å².